The summed E-state index contributed by atoms with van der Waals surface area (Å²) in [5.41, 5.74) is 3.87. The van der Waals surface area contributed by atoms with Crippen LogP contribution in [0, 0.1) is 10.2 Å². The van der Waals surface area contributed by atoms with Gasteiger partial charge in [-0.05, 0) is 12.8 Å². The highest BCUT2D eigenvalue weighted by Gasteiger charge is 1.92. The van der Waals surface area contributed by atoms with Gasteiger partial charge >= 0.3 is 0 Å². The van der Waals surface area contributed by atoms with Gasteiger partial charge < -0.3 is 5.73 Å². The van der Waals surface area contributed by atoms with Crippen molar-refractivity contribution >= 4 is 0 Å². The first-order valence-electron chi connectivity index (χ1n) is 7.82. The van der Waals surface area contributed by atoms with Gasteiger partial charge in [0.15, 0.2) is 0 Å². The fourth-order valence-corrected chi connectivity index (χ4v) is 2.02. The maximum atomic E-state index is 8.49. The third-order valence-corrected chi connectivity index (χ3v) is 3.10. The normalized spacial score (nSPS) is 11.1. The standard InChI is InChI=1S/C14H31N.ClHO4/c1-2-3-4-5-6-7-8-9-10-11-12-13-14-15;2-1(3,4)5/h2-15H2,1H3;(H,2,3,4,5). The Bertz CT molecular complexity index is 159. The molecule has 0 radical (unpaired) electrons. The average molecular weight is 314 g/mol. The van der Waals surface area contributed by atoms with Crippen molar-refractivity contribution in [1.82, 2.24) is 0 Å². The first kappa shape index (κ1) is 22.4. The molecule has 0 amide bonds. The van der Waals surface area contributed by atoms with Crippen LogP contribution in [-0.4, -0.2) is 6.54 Å². The van der Waals surface area contributed by atoms with Crippen LogP contribution in [0.5, 0.6) is 0 Å². The van der Waals surface area contributed by atoms with E-state index < -0.39 is 10.2 Å². The van der Waals surface area contributed by atoms with Gasteiger partial charge in [-0.25, -0.2) is 18.6 Å². The highest BCUT2D eigenvalue weighted by molar-refractivity contribution is 4.47. The van der Waals surface area contributed by atoms with Gasteiger partial charge in [0.05, 0.1) is 6.54 Å². The SMILES string of the molecule is CCCCCCCCCCCCCC[NH3+].[O-][Cl+3]([O-])([O-])[O-]. The van der Waals surface area contributed by atoms with E-state index in [0.29, 0.717) is 0 Å². The molecular formula is C14H32ClNO4. The number of unbranched alkanes of at least 4 members (excludes halogenated alkanes) is 11. The molecule has 0 bridgehead atoms. The minimum absolute atomic E-state index is 1.12. The number of rotatable bonds is 12. The Kier molecular flexibility index (Phi) is 19.2. The lowest BCUT2D eigenvalue weighted by atomic mass is 10.1. The van der Waals surface area contributed by atoms with E-state index in [-0.39, 0.29) is 0 Å². The predicted molar refractivity (Wildman–Crippen MR) is 68.8 cm³/mol. The second-order valence-corrected chi connectivity index (χ2v) is 5.88. The van der Waals surface area contributed by atoms with E-state index in [2.05, 4.69) is 12.7 Å². The summed E-state index contributed by atoms with van der Waals surface area (Å²) in [4.78, 5) is 0. The second-order valence-electron chi connectivity index (χ2n) is 5.12. The summed E-state index contributed by atoms with van der Waals surface area (Å²) in [5.74, 6) is 0. The van der Waals surface area contributed by atoms with E-state index in [1.54, 1.807) is 0 Å². The van der Waals surface area contributed by atoms with Crippen molar-refractivity contribution < 1.29 is 34.6 Å². The molecule has 0 rings (SSSR count). The largest absolute Gasteiger partial charge is 0.358 e. The van der Waals surface area contributed by atoms with E-state index in [1.165, 1.54) is 77.0 Å². The number of halogens is 1. The van der Waals surface area contributed by atoms with E-state index in [4.69, 9.17) is 18.6 Å². The Balaban J connectivity index is 0. The lowest BCUT2D eigenvalue weighted by Gasteiger charge is -2.17. The Hall–Kier alpha value is 0.0900. The fraction of sp³-hybridized carbons (Fsp3) is 1.00. The Morgan fingerprint density at radius 1 is 0.600 bits per heavy atom. The molecular weight excluding hydrogens is 282 g/mol. The van der Waals surface area contributed by atoms with Crippen LogP contribution in [0.1, 0.15) is 84.0 Å². The van der Waals surface area contributed by atoms with Gasteiger partial charge in [0.25, 0.3) is 0 Å². The summed E-state index contributed by atoms with van der Waals surface area (Å²) in [5, 5.41) is 0. The molecule has 0 unspecified atom stereocenters. The van der Waals surface area contributed by atoms with Gasteiger partial charge in [0, 0.05) is 0 Å². The van der Waals surface area contributed by atoms with Crippen LogP contribution in [0.15, 0.2) is 0 Å². The van der Waals surface area contributed by atoms with Gasteiger partial charge in [-0.2, -0.15) is 0 Å². The molecule has 0 aliphatic carbocycles. The van der Waals surface area contributed by atoms with E-state index in [1.807, 2.05) is 0 Å². The van der Waals surface area contributed by atoms with E-state index in [0.717, 1.165) is 6.54 Å². The Morgan fingerprint density at radius 2 is 0.850 bits per heavy atom. The highest BCUT2D eigenvalue weighted by Crippen LogP contribution is 2.11. The minimum atomic E-state index is -4.94. The molecule has 0 fully saturated rings. The first-order chi connectivity index (χ1) is 9.41. The summed E-state index contributed by atoms with van der Waals surface area (Å²) >= 11 is 0. The first-order valence-corrected chi connectivity index (χ1v) is 9.06. The van der Waals surface area contributed by atoms with Crippen LogP contribution >= 0.6 is 0 Å². The zero-order valence-electron chi connectivity index (χ0n) is 12.9. The van der Waals surface area contributed by atoms with Crippen LogP contribution in [0.4, 0.5) is 0 Å². The maximum Gasteiger partial charge on any atom is 0.0739 e. The quantitative estimate of drug-likeness (QED) is 0.473. The molecule has 0 atom stereocenters. The van der Waals surface area contributed by atoms with Gasteiger partial charge in [0.1, 0.15) is 0 Å². The van der Waals surface area contributed by atoms with Crippen LogP contribution in [-0.2, 0) is 0 Å². The maximum absolute atomic E-state index is 8.49. The van der Waals surface area contributed by atoms with Crippen molar-refractivity contribution in [1.29, 1.82) is 0 Å². The molecule has 0 aromatic heterocycles. The van der Waals surface area contributed by atoms with Crippen LogP contribution < -0.4 is 24.4 Å². The van der Waals surface area contributed by atoms with E-state index in [9.17, 15) is 0 Å². The molecule has 0 saturated heterocycles. The summed E-state index contributed by atoms with van der Waals surface area (Å²) in [6.45, 7) is 3.41. The van der Waals surface area contributed by atoms with Crippen molar-refractivity contribution in [2.75, 3.05) is 6.54 Å². The summed E-state index contributed by atoms with van der Waals surface area (Å²) in [6.07, 6.45) is 17.2. The van der Waals surface area contributed by atoms with Gasteiger partial charge in [-0.15, -0.1) is 10.2 Å². The minimum Gasteiger partial charge on any atom is -0.358 e. The molecule has 6 heteroatoms. The molecule has 5 nitrogen and oxygen atoms in total. The van der Waals surface area contributed by atoms with Gasteiger partial charge in [0.2, 0.25) is 0 Å². The van der Waals surface area contributed by atoms with Crippen molar-refractivity contribution in [3.8, 4) is 0 Å². The van der Waals surface area contributed by atoms with E-state index >= 15 is 0 Å². The molecule has 0 spiro atoms. The molecule has 20 heavy (non-hydrogen) atoms. The molecule has 124 valence electrons. The molecule has 0 heterocycles. The Labute approximate surface area is 125 Å². The van der Waals surface area contributed by atoms with Crippen molar-refractivity contribution in [3.63, 3.8) is 0 Å². The third-order valence-electron chi connectivity index (χ3n) is 3.10. The topological polar surface area (TPSA) is 120 Å². The molecule has 0 saturated carbocycles. The smallest absolute Gasteiger partial charge is 0.0739 e. The predicted octanol–water partition coefficient (Wildman–Crippen LogP) is -0.827. The summed E-state index contributed by atoms with van der Waals surface area (Å²) < 4.78 is 34.0. The molecule has 3 N–H and O–H groups in total. The zero-order chi connectivity index (χ0) is 15.7. The number of quaternary nitrogens is 1. The highest BCUT2D eigenvalue weighted by atomic mass is 35.7. The van der Waals surface area contributed by atoms with Crippen LogP contribution in [0.3, 0.4) is 0 Å². The molecule has 0 aliphatic rings. The van der Waals surface area contributed by atoms with Gasteiger partial charge in [-0.1, -0.05) is 71.1 Å². The average Bonchev–Trinajstić information content (AvgIpc) is 2.34. The second kappa shape index (κ2) is 17.1. The van der Waals surface area contributed by atoms with Crippen LogP contribution in [0.2, 0.25) is 0 Å². The fourth-order valence-electron chi connectivity index (χ4n) is 2.02. The lowest BCUT2D eigenvalue weighted by Crippen LogP contribution is -2.68. The van der Waals surface area contributed by atoms with Gasteiger partial charge in [-0.3, -0.25) is 0 Å². The number of hydrogen-bond donors (Lipinski definition) is 1. The summed E-state index contributed by atoms with van der Waals surface area (Å²) in [7, 11) is -4.94. The lowest BCUT2D eigenvalue weighted by molar-refractivity contribution is -2.00. The zero-order valence-corrected chi connectivity index (χ0v) is 13.7. The Morgan fingerprint density at radius 3 is 1.10 bits per heavy atom. The third kappa shape index (κ3) is 36.1. The number of hydrogen-bond acceptors (Lipinski definition) is 4. The molecule has 0 aromatic carbocycles. The van der Waals surface area contributed by atoms with Crippen molar-refractivity contribution in [2.45, 2.75) is 84.0 Å². The summed E-state index contributed by atoms with van der Waals surface area (Å²) in [6, 6.07) is 0. The van der Waals surface area contributed by atoms with Crippen LogP contribution in [0.25, 0.3) is 0 Å². The molecule has 0 aromatic rings. The monoisotopic (exact) mass is 313 g/mol. The molecule has 0 aliphatic heterocycles. The van der Waals surface area contributed by atoms with Crippen molar-refractivity contribution in [3.05, 3.63) is 0 Å². The van der Waals surface area contributed by atoms with Crippen molar-refractivity contribution in [2.24, 2.45) is 0 Å².